The van der Waals surface area contributed by atoms with E-state index in [4.69, 9.17) is 10.2 Å². The molecule has 94 valence electrons. The maximum atomic E-state index is 11.7. The van der Waals surface area contributed by atoms with Crippen molar-refractivity contribution in [3.05, 3.63) is 5.89 Å². The maximum Gasteiger partial charge on any atom is 0.318 e. The second-order valence-electron chi connectivity index (χ2n) is 3.98. The van der Waals surface area contributed by atoms with Gasteiger partial charge in [0, 0.05) is 26.6 Å². The molecule has 1 unspecified atom stereocenters. The molecule has 0 bridgehead atoms. The van der Waals surface area contributed by atoms with E-state index in [0.29, 0.717) is 24.9 Å². The van der Waals surface area contributed by atoms with Crippen molar-refractivity contribution >= 4 is 11.9 Å². The molecule has 2 rings (SSSR count). The molecule has 1 aliphatic rings. The van der Waals surface area contributed by atoms with Crippen molar-refractivity contribution in [2.75, 3.05) is 25.0 Å². The number of amides is 1. The Morgan fingerprint density at radius 2 is 2.47 bits per heavy atom. The molecule has 1 aromatic heterocycles. The zero-order valence-electron chi connectivity index (χ0n) is 9.85. The summed E-state index contributed by atoms with van der Waals surface area (Å²) in [5.74, 6) is 0.506. The maximum absolute atomic E-state index is 11.7. The molecule has 1 aliphatic heterocycles. The van der Waals surface area contributed by atoms with Crippen molar-refractivity contribution in [3.63, 3.8) is 0 Å². The average molecular weight is 239 g/mol. The minimum Gasteiger partial charge on any atom is -0.408 e. The number of hydrogen-bond donors (Lipinski definition) is 2. The predicted octanol–water partition coefficient (Wildman–Crippen LogP) is -0.714. The van der Waals surface area contributed by atoms with E-state index in [0.717, 1.165) is 19.4 Å². The lowest BCUT2D eigenvalue weighted by molar-refractivity contribution is -0.121. The standard InChI is InChI=1S/C10H17N5O2/c1-12-9(16)7-3-2-6-15(7)10-14-13-8(17-10)4-5-11/h7H,2-6,11H2,1H3,(H,12,16). The molecule has 1 saturated heterocycles. The number of nitrogens with two attached hydrogens (primary N) is 1. The van der Waals surface area contributed by atoms with E-state index >= 15 is 0 Å². The lowest BCUT2D eigenvalue weighted by Crippen LogP contribution is -2.42. The van der Waals surface area contributed by atoms with Gasteiger partial charge in [-0.2, -0.15) is 0 Å². The number of carbonyl (C=O) groups is 1. The Kier molecular flexibility index (Phi) is 3.58. The number of hydrogen-bond acceptors (Lipinski definition) is 6. The van der Waals surface area contributed by atoms with Crippen molar-refractivity contribution in [1.29, 1.82) is 0 Å². The molecule has 0 spiro atoms. The van der Waals surface area contributed by atoms with Gasteiger partial charge in [0.25, 0.3) is 0 Å². The van der Waals surface area contributed by atoms with Crippen LogP contribution in [-0.2, 0) is 11.2 Å². The molecule has 1 amide bonds. The van der Waals surface area contributed by atoms with Gasteiger partial charge in [0.05, 0.1) is 0 Å². The number of rotatable bonds is 4. The first-order valence-electron chi connectivity index (χ1n) is 5.77. The van der Waals surface area contributed by atoms with Crippen LogP contribution in [0.3, 0.4) is 0 Å². The van der Waals surface area contributed by atoms with E-state index in [1.54, 1.807) is 7.05 Å². The monoisotopic (exact) mass is 239 g/mol. The summed E-state index contributed by atoms with van der Waals surface area (Å²) in [6.07, 6.45) is 2.33. The molecule has 7 nitrogen and oxygen atoms in total. The van der Waals surface area contributed by atoms with Gasteiger partial charge < -0.3 is 20.4 Å². The number of nitrogens with one attached hydrogen (secondary N) is 1. The molecule has 0 saturated carbocycles. The third-order valence-electron chi connectivity index (χ3n) is 2.86. The summed E-state index contributed by atoms with van der Waals surface area (Å²) < 4.78 is 5.48. The quantitative estimate of drug-likeness (QED) is 0.720. The zero-order valence-corrected chi connectivity index (χ0v) is 9.85. The van der Waals surface area contributed by atoms with Gasteiger partial charge in [-0.25, -0.2) is 0 Å². The van der Waals surface area contributed by atoms with Gasteiger partial charge in [-0.15, -0.1) is 5.10 Å². The normalized spacial score (nSPS) is 19.6. The fourth-order valence-electron chi connectivity index (χ4n) is 2.02. The Labute approximate surface area is 99.4 Å². The van der Waals surface area contributed by atoms with Crippen molar-refractivity contribution in [2.45, 2.75) is 25.3 Å². The van der Waals surface area contributed by atoms with E-state index in [2.05, 4.69) is 15.5 Å². The van der Waals surface area contributed by atoms with Gasteiger partial charge in [-0.3, -0.25) is 4.79 Å². The van der Waals surface area contributed by atoms with Crippen LogP contribution >= 0.6 is 0 Å². The summed E-state index contributed by atoms with van der Waals surface area (Å²) in [5.41, 5.74) is 5.41. The SMILES string of the molecule is CNC(=O)C1CCCN1c1nnc(CCN)o1. The fraction of sp³-hybridized carbons (Fsp3) is 0.700. The summed E-state index contributed by atoms with van der Waals surface area (Å²) in [4.78, 5) is 13.5. The minimum atomic E-state index is -0.203. The highest BCUT2D eigenvalue weighted by Gasteiger charge is 2.33. The lowest BCUT2D eigenvalue weighted by atomic mass is 10.2. The highest BCUT2D eigenvalue weighted by molar-refractivity contribution is 5.84. The highest BCUT2D eigenvalue weighted by Crippen LogP contribution is 2.24. The largest absolute Gasteiger partial charge is 0.408 e. The first-order valence-corrected chi connectivity index (χ1v) is 5.77. The van der Waals surface area contributed by atoms with E-state index in [1.165, 1.54) is 0 Å². The van der Waals surface area contributed by atoms with Crippen LogP contribution in [0.15, 0.2) is 4.42 Å². The van der Waals surface area contributed by atoms with Crippen LogP contribution in [0.25, 0.3) is 0 Å². The predicted molar refractivity (Wildman–Crippen MR) is 61.5 cm³/mol. The minimum absolute atomic E-state index is 0.0129. The molecule has 1 aromatic rings. The van der Waals surface area contributed by atoms with Gasteiger partial charge >= 0.3 is 6.01 Å². The Hall–Kier alpha value is -1.63. The van der Waals surface area contributed by atoms with Crippen LogP contribution in [0.4, 0.5) is 6.01 Å². The number of aromatic nitrogens is 2. The van der Waals surface area contributed by atoms with Gasteiger partial charge in [0.1, 0.15) is 6.04 Å². The van der Waals surface area contributed by atoms with Crippen LogP contribution in [0.2, 0.25) is 0 Å². The van der Waals surface area contributed by atoms with E-state index in [1.807, 2.05) is 4.90 Å². The molecule has 0 radical (unpaired) electrons. The third-order valence-corrected chi connectivity index (χ3v) is 2.86. The summed E-state index contributed by atoms with van der Waals surface area (Å²) in [7, 11) is 1.63. The topological polar surface area (TPSA) is 97.3 Å². The Morgan fingerprint density at radius 1 is 1.65 bits per heavy atom. The third kappa shape index (κ3) is 2.38. The van der Waals surface area contributed by atoms with E-state index in [-0.39, 0.29) is 11.9 Å². The molecular weight excluding hydrogens is 222 g/mol. The van der Waals surface area contributed by atoms with Gasteiger partial charge in [0.15, 0.2) is 0 Å². The van der Waals surface area contributed by atoms with Crippen molar-refractivity contribution in [1.82, 2.24) is 15.5 Å². The van der Waals surface area contributed by atoms with Crippen molar-refractivity contribution in [2.24, 2.45) is 5.73 Å². The number of carbonyl (C=O) groups excluding carboxylic acids is 1. The molecule has 7 heteroatoms. The van der Waals surface area contributed by atoms with Gasteiger partial charge in [-0.1, -0.05) is 5.10 Å². The molecule has 1 atom stereocenters. The number of nitrogens with zero attached hydrogens (tertiary/aromatic N) is 3. The molecular formula is C10H17N5O2. The van der Waals surface area contributed by atoms with E-state index < -0.39 is 0 Å². The summed E-state index contributed by atoms with van der Waals surface area (Å²) in [6.45, 7) is 1.24. The van der Waals surface area contributed by atoms with Crippen molar-refractivity contribution < 1.29 is 9.21 Å². The molecule has 1 fully saturated rings. The summed E-state index contributed by atoms with van der Waals surface area (Å²) >= 11 is 0. The highest BCUT2D eigenvalue weighted by atomic mass is 16.4. The second kappa shape index (κ2) is 5.13. The lowest BCUT2D eigenvalue weighted by Gasteiger charge is -2.20. The van der Waals surface area contributed by atoms with Crippen molar-refractivity contribution in [3.8, 4) is 0 Å². The van der Waals surface area contributed by atoms with Gasteiger partial charge in [0.2, 0.25) is 11.8 Å². The Bertz CT molecular complexity index is 392. The Morgan fingerprint density at radius 3 is 3.18 bits per heavy atom. The molecule has 0 aliphatic carbocycles. The van der Waals surface area contributed by atoms with Crippen LogP contribution in [0, 0.1) is 0 Å². The first kappa shape index (κ1) is 11.8. The summed E-state index contributed by atoms with van der Waals surface area (Å²) in [5, 5.41) is 10.5. The van der Waals surface area contributed by atoms with Crippen LogP contribution in [0.5, 0.6) is 0 Å². The molecule has 17 heavy (non-hydrogen) atoms. The molecule has 2 heterocycles. The second-order valence-corrected chi connectivity index (χ2v) is 3.98. The summed E-state index contributed by atoms with van der Waals surface area (Å²) in [6, 6.07) is 0.214. The zero-order chi connectivity index (χ0) is 12.3. The Balaban J connectivity index is 2.11. The van der Waals surface area contributed by atoms with Crippen LogP contribution in [-0.4, -0.2) is 42.3 Å². The fourth-order valence-corrected chi connectivity index (χ4v) is 2.02. The number of anilines is 1. The first-order chi connectivity index (χ1) is 8.26. The molecule has 0 aromatic carbocycles. The smallest absolute Gasteiger partial charge is 0.318 e. The van der Waals surface area contributed by atoms with Crippen LogP contribution in [0.1, 0.15) is 18.7 Å². The van der Waals surface area contributed by atoms with Crippen LogP contribution < -0.4 is 16.0 Å². The van der Waals surface area contributed by atoms with Gasteiger partial charge in [-0.05, 0) is 12.8 Å². The van der Waals surface area contributed by atoms with E-state index in [9.17, 15) is 4.79 Å². The number of likely N-dealkylation sites (N-methyl/N-ethyl adjacent to an activating group) is 1. The average Bonchev–Trinajstić information content (AvgIpc) is 2.95. The molecule has 3 N–H and O–H groups in total.